The van der Waals surface area contributed by atoms with E-state index < -0.39 is 5.97 Å². The molecule has 2 N–H and O–H groups in total. The van der Waals surface area contributed by atoms with E-state index in [0.717, 1.165) is 0 Å². The van der Waals surface area contributed by atoms with Gasteiger partial charge in [0.05, 0.1) is 11.9 Å². The molecule has 0 aliphatic heterocycles. The van der Waals surface area contributed by atoms with Crippen molar-refractivity contribution in [1.82, 2.24) is 4.98 Å². The first kappa shape index (κ1) is 8.96. The van der Waals surface area contributed by atoms with Crippen molar-refractivity contribution < 1.29 is 14.3 Å². The van der Waals surface area contributed by atoms with Crippen LogP contribution in [-0.4, -0.2) is 16.1 Å². The number of carboxylic acids is 1. The van der Waals surface area contributed by atoms with Crippen LogP contribution in [0.25, 0.3) is 11.1 Å². The van der Waals surface area contributed by atoms with Gasteiger partial charge in [-0.05, 0) is 23.8 Å². The number of oxazole rings is 1. The first-order valence-corrected chi connectivity index (χ1v) is 4.40. The maximum absolute atomic E-state index is 10.5. The van der Waals surface area contributed by atoms with Crippen molar-refractivity contribution in [2.24, 2.45) is 0 Å². The van der Waals surface area contributed by atoms with Gasteiger partial charge >= 0.3 is 5.97 Å². The minimum absolute atomic E-state index is 0.0395. The van der Waals surface area contributed by atoms with Gasteiger partial charge in [0.25, 0.3) is 4.84 Å². The van der Waals surface area contributed by atoms with E-state index in [1.54, 1.807) is 18.2 Å². The number of hydrogen-bond acceptors (Lipinski definition) is 3. The highest BCUT2D eigenvalue weighted by atomic mass is 32.1. The average Bonchev–Trinajstić information content (AvgIpc) is 2.45. The second-order valence-electron chi connectivity index (χ2n) is 2.88. The fraction of sp³-hybridized carbons (Fsp3) is 0.111. The van der Waals surface area contributed by atoms with Gasteiger partial charge in [-0.3, -0.25) is 4.79 Å². The lowest BCUT2D eigenvalue weighted by Crippen LogP contribution is -2.00. The molecule has 1 aromatic heterocycles. The van der Waals surface area contributed by atoms with Crippen LogP contribution in [0.1, 0.15) is 5.56 Å². The zero-order valence-corrected chi connectivity index (χ0v) is 7.93. The summed E-state index contributed by atoms with van der Waals surface area (Å²) >= 11 is 4.82. The van der Waals surface area contributed by atoms with Crippen molar-refractivity contribution in [3.05, 3.63) is 28.6 Å². The lowest BCUT2D eigenvalue weighted by molar-refractivity contribution is -0.136. The number of aliphatic carboxylic acids is 1. The lowest BCUT2D eigenvalue weighted by atomic mass is 10.1. The molecule has 1 aromatic carbocycles. The number of carbonyl (C=O) groups is 1. The van der Waals surface area contributed by atoms with Crippen LogP contribution in [-0.2, 0) is 11.2 Å². The molecule has 0 amide bonds. The number of fused-ring (bicyclic) bond motifs is 1. The minimum atomic E-state index is -0.877. The van der Waals surface area contributed by atoms with Gasteiger partial charge in [0.2, 0.25) is 0 Å². The Balaban J connectivity index is 2.64. The summed E-state index contributed by atoms with van der Waals surface area (Å²) in [4.78, 5) is 13.6. The standard InChI is InChI=1S/C9H7NO3S/c11-7(12)4-5-2-1-3-6-8(5)10-9(14)13-6/h1-3H,4H2,(H,10,14)(H,11,12). The molecule has 0 aliphatic rings. The molecule has 0 radical (unpaired) electrons. The van der Waals surface area contributed by atoms with Crippen LogP contribution in [0.5, 0.6) is 0 Å². The van der Waals surface area contributed by atoms with Crippen LogP contribution < -0.4 is 0 Å². The predicted molar refractivity (Wildman–Crippen MR) is 52.7 cm³/mol. The van der Waals surface area contributed by atoms with E-state index in [0.29, 0.717) is 16.7 Å². The fourth-order valence-electron chi connectivity index (χ4n) is 1.34. The monoisotopic (exact) mass is 209 g/mol. The number of aromatic amines is 1. The first-order valence-electron chi connectivity index (χ1n) is 3.99. The van der Waals surface area contributed by atoms with Crippen molar-refractivity contribution in [3.63, 3.8) is 0 Å². The molecule has 0 atom stereocenters. The van der Waals surface area contributed by atoms with Crippen LogP contribution in [0, 0.1) is 4.84 Å². The Kier molecular flexibility index (Phi) is 2.09. The molecule has 0 fully saturated rings. The predicted octanol–water partition coefficient (Wildman–Crippen LogP) is 2.12. The maximum atomic E-state index is 10.5. The van der Waals surface area contributed by atoms with E-state index >= 15 is 0 Å². The lowest BCUT2D eigenvalue weighted by Gasteiger charge is -1.96. The van der Waals surface area contributed by atoms with Gasteiger partial charge in [-0.25, -0.2) is 0 Å². The number of H-pyrrole nitrogens is 1. The van der Waals surface area contributed by atoms with E-state index in [9.17, 15) is 4.79 Å². The number of benzene rings is 1. The van der Waals surface area contributed by atoms with Crippen molar-refractivity contribution in [1.29, 1.82) is 0 Å². The van der Waals surface area contributed by atoms with Gasteiger partial charge in [0.1, 0.15) is 0 Å². The Morgan fingerprint density at radius 1 is 1.57 bits per heavy atom. The van der Waals surface area contributed by atoms with Crippen LogP contribution in [0.15, 0.2) is 22.6 Å². The van der Waals surface area contributed by atoms with E-state index in [-0.39, 0.29) is 11.3 Å². The molecule has 2 rings (SSSR count). The van der Waals surface area contributed by atoms with Crippen LogP contribution in [0.2, 0.25) is 0 Å². The molecule has 14 heavy (non-hydrogen) atoms. The second-order valence-corrected chi connectivity index (χ2v) is 3.25. The topological polar surface area (TPSA) is 66.2 Å². The number of aromatic nitrogens is 1. The smallest absolute Gasteiger partial charge is 0.307 e. The van der Waals surface area contributed by atoms with E-state index in [1.807, 2.05) is 0 Å². The normalized spacial score (nSPS) is 10.6. The highest BCUT2D eigenvalue weighted by molar-refractivity contribution is 7.71. The summed E-state index contributed by atoms with van der Waals surface area (Å²) < 4.78 is 5.16. The molecule has 0 saturated heterocycles. The first-order chi connectivity index (χ1) is 6.66. The third kappa shape index (κ3) is 1.54. The number of carboxylic acid groups (broad SMARTS) is 1. The summed E-state index contributed by atoms with van der Waals surface area (Å²) in [6.45, 7) is 0. The van der Waals surface area contributed by atoms with Gasteiger partial charge in [0, 0.05) is 0 Å². The number of hydrogen-bond donors (Lipinski definition) is 2. The molecular weight excluding hydrogens is 202 g/mol. The molecule has 0 saturated carbocycles. The Hall–Kier alpha value is -1.62. The summed E-state index contributed by atoms with van der Waals surface area (Å²) in [6, 6.07) is 5.22. The summed E-state index contributed by atoms with van der Waals surface area (Å²) in [5.41, 5.74) is 1.93. The number of para-hydroxylation sites is 1. The molecule has 2 aromatic rings. The van der Waals surface area contributed by atoms with Gasteiger partial charge in [-0.15, -0.1) is 0 Å². The molecule has 72 valence electrons. The largest absolute Gasteiger partial charge is 0.481 e. The molecule has 4 nitrogen and oxygen atoms in total. The minimum Gasteiger partial charge on any atom is -0.481 e. The van der Waals surface area contributed by atoms with Crippen molar-refractivity contribution in [2.75, 3.05) is 0 Å². The van der Waals surface area contributed by atoms with Gasteiger partial charge in [-0.1, -0.05) is 12.1 Å². The molecule has 0 bridgehead atoms. The Labute approximate surface area is 84.2 Å². The molecule has 0 spiro atoms. The Bertz CT molecular complexity index is 540. The van der Waals surface area contributed by atoms with E-state index in [1.165, 1.54) is 0 Å². The van der Waals surface area contributed by atoms with Gasteiger partial charge in [0.15, 0.2) is 5.58 Å². The highest BCUT2D eigenvalue weighted by Gasteiger charge is 2.07. The molecule has 1 heterocycles. The van der Waals surface area contributed by atoms with Crippen molar-refractivity contribution in [2.45, 2.75) is 6.42 Å². The Morgan fingerprint density at radius 3 is 3.07 bits per heavy atom. The average molecular weight is 209 g/mol. The summed E-state index contributed by atoms with van der Waals surface area (Å²) in [7, 11) is 0. The summed E-state index contributed by atoms with van der Waals surface area (Å²) in [6.07, 6.45) is -0.0395. The third-order valence-corrected chi connectivity index (χ3v) is 2.07. The van der Waals surface area contributed by atoms with Crippen LogP contribution in [0.3, 0.4) is 0 Å². The molecular formula is C9H7NO3S. The second kappa shape index (κ2) is 3.26. The number of rotatable bonds is 2. The zero-order valence-electron chi connectivity index (χ0n) is 7.11. The van der Waals surface area contributed by atoms with E-state index in [4.69, 9.17) is 21.7 Å². The molecule has 0 unspecified atom stereocenters. The zero-order chi connectivity index (χ0) is 10.1. The van der Waals surface area contributed by atoms with Crippen molar-refractivity contribution in [3.8, 4) is 0 Å². The van der Waals surface area contributed by atoms with Crippen LogP contribution >= 0.6 is 12.2 Å². The van der Waals surface area contributed by atoms with Crippen LogP contribution in [0.4, 0.5) is 0 Å². The third-order valence-electron chi connectivity index (χ3n) is 1.88. The summed E-state index contributed by atoms with van der Waals surface area (Å²) in [5, 5.41) is 8.66. The maximum Gasteiger partial charge on any atom is 0.307 e. The fourth-order valence-corrected chi connectivity index (χ4v) is 1.53. The summed E-state index contributed by atoms with van der Waals surface area (Å²) in [5.74, 6) is -0.877. The highest BCUT2D eigenvalue weighted by Crippen LogP contribution is 2.18. The molecule has 0 aliphatic carbocycles. The Morgan fingerprint density at radius 2 is 2.36 bits per heavy atom. The SMILES string of the molecule is O=C(O)Cc1cccc2oc(=S)[nH]c12. The van der Waals surface area contributed by atoms with Gasteiger partial charge in [-0.2, -0.15) is 0 Å². The molecule has 5 heteroatoms. The quantitative estimate of drug-likeness (QED) is 0.743. The van der Waals surface area contributed by atoms with Gasteiger partial charge < -0.3 is 14.5 Å². The van der Waals surface area contributed by atoms with E-state index in [2.05, 4.69) is 4.98 Å². The number of nitrogens with one attached hydrogen (secondary N) is 1. The van der Waals surface area contributed by atoms with Crippen molar-refractivity contribution >= 4 is 29.3 Å².